The number of carbonyl (C=O) groups excluding carboxylic acids is 1. The van der Waals surface area contributed by atoms with E-state index in [2.05, 4.69) is 10.1 Å². The Hall–Kier alpha value is -1.79. The predicted molar refractivity (Wildman–Crippen MR) is 53.2 cm³/mol. The lowest BCUT2D eigenvalue weighted by Crippen LogP contribution is -2.36. The van der Waals surface area contributed by atoms with Crippen molar-refractivity contribution in [1.82, 2.24) is 5.32 Å². The lowest BCUT2D eigenvalue weighted by Gasteiger charge is -2.26. The molecule has 18 heavy (non-hydrogen) atoms. The third-order valence-electron chi connectivity index (χ3n) is 2.63. The first-order chi connectivity index (χ1) is 8.38. The molecule has 2 rings (SSSR count). The van der Waals surface area contributed by atoms with Gasteiger partial charge in [-0.1, -0.05) is 6.07 Å². The summed E-state index contributed by atoms with van der Waals surface area (Å²) in [7, 11) is 0. The van der Waals surface area contributed by atoms with Gasteiger partial charge in [-0.25, -0.2) is 9.18 Å². The van der Waals surface area contributed by atoms with Crippen molar-refractivity contribution in [3.8, 4) is 0 Å². The molecule has 1 heterocycles. The number of carbonyl (C=O) groups is 1. The zero-order valence-corrected chi connectivity index (χ0v) is 9.05. The van der Waals surface area contributed by atoms with Gasteiger partial charge in [0.15, 0.2) is 0 Å². The van der Waals surface area contributed by atoms with E-state index in [1.54, 1.807) is 0 Å². The summed E-state index contributed by atoms with van der Waals surface area (Å²) in [5, 5.41) is 2.28. The highest BCUT2D eigenvalue weighted by atomic mass is 19.4. The quantitative estimate of drug-likeness (QED) is 0.791. The normalized spacial score (nSPS) is 20.2. The SMILES string of the molecule is O=C1N[C@@H](c2ccc(F)cc2C(F)(F)F)CCO1. The van der Waals surface area contributed by atoms with Crippen LogP contribution in [-0.2, 0) is 10.9 Å². The number of alkyl halides is 3. The Morgan fingerprint density at radius 1 is 1.33 bits per heavy atom. The predicted octanol–water partition coefficient (Wildman–Crippen LogP) is 3.02. The first-order valence-corrected chi connectivity index (χ1v) is 5.18. The number of hydrogen-bond acceptors (Lipinski definition) is 2. The topological polar surface area (TPSA) is 38.3 Å². The molecule has 0 unspecified atom stereocenters. The molecule has 0 radical (unpaired) electrons. The third kappa shape index (κ3) is 2.55. The van der Waals surface area contributed by atoms with E-state index >= 15 is 0 Å². The molecule has 0 aromatic heterocycles. The number of cyclic esters (lactones) is 1. The minimum absolute atomic E-state index is 0.0329. The van der Waals surface area contributed by atoms with Crippen molar-refractivity contribution >= 4 is 6.09 Å². The number of rotatable bonds is 1. The highest BCUT2D eigenvalue weighted by molar-refractivity contribution is 5.68. The van der Waals surface area contributed by atoms with Gasteiger partial charge in [-0.2, -0.15) is 13.2 Å². The summed E-state index contributed by atoms with van der Waals surface area (Å²) < 4.78 is 55.8. The second-order valence-electron chi connectivity index (χ2n) is 3.85. The van der Waals surface area contributed by atoms with E-state index < -0.39 is 29.7 Å². The van der Waals surface area contributed by atoms with Crippen LogP contribution in [0.5, 0.6) is 0 Å². The summed E-state index contributed by atoms with van der Waals surface area (Å²) >= 11 is 0. The van der Waals surface area contributed by atoms with Gasteiger partial charge in [0.05, 0.1) is 18.2 Å². The minimum Gasteiger partial charge on any atom is -0.449 e. The summed E-state index contributed by atoms with van der Waals surface area (Å²) in [4.78, 5) is 11.0. The lowest BCUT2D eigenvalue weighted by molar-refractivity contribution is -0.138. The van der Waals surface area contributed by atoms with Crippen LogP contribution in [0, 0.1) is 5.82 Å². The zero-order valence-electron chi connectivity index (χ0n) is 9.05. The first kappa shape index (κ1) is 12.7. The number of amides is 1. The van der Waals surface area contributed by atoms with E-state index in [-0.39, 0.29) is 18.6 Å². The fourth-order valence-electron chi connectivity index (χ4n) is 1.84. The maximum absolute atomic E-state index is 12.9. The van der Waals surface area contributed by atoms with E-state index in [4.69, 9.17) is 0 Å². The van der Waals surface area contributed by atoms with Crippen LogP contribution in [0.4, 0.5) is 22.4 Å². The van der Waals surface area contributed by atoms with Crippen LogP contribution in [0.25, 0.3) is 0 Å². The lowest BCUT2D eigenvalue weighted by atomic mass is 9.97. The zero-order chi connectivity index (χ0) is 13.3. The molecule has 0 saturated carbocycles. The molecule has 1 aliphatic rings. The smallest absolute Gasteiger partial charge is 0.416 e. The van der Waals surface area contributed by atoms with Crippen molar-refractivity contribution < 1.29 is 27.1 Å². The van der Waals surface area contributed by atoms with Crippen LogP contribution in [0.1, 0.15) is 23.6 Å². The second-order valence-corrected chi connectivity index (χ2v) is 3.85. The largest absolute Gasteiger partial charge is 0.449 e. The molecule has 3 nitrogen and oxygen atoms in total. The monoisotopic (exact) mass is 263 g/mol. The minimum atomic E-state index is -4.67. The third-order valence-corrected chi connectivity index (χ3v) is 2.63. The van der Waals surface area contributed by atoms with Gasteiger partial charge in [-0.3, -0.25) is 0 Å². The van der Waals surface area contributed by atoms with E-state index in [1.165, 1.54) is 0 Å². The van der Waals surface area contributed by atoms with Gasteiger partial charge < -0.3 is 10.1 Å². The van der Waals surface area contributed by atoms with Crippen LogP contribution < -0.4 is 5.32 Å². The van der Waals surface area contributed by atoms with Crippen LogP contribution in [-0.4, -0.2) is 12.7 Å². The van der Waals surface area contributed by atoms with Gasteiger partial charge in [-0.15, -0.1) is 0 Å². The average Bonchev–Trinajstić information content (AvgIpc) is 2.27. The van der Waals surface area contributed by atoms with Crippen molar-refractivity contribution in [2.75, 3.05) is 6.61 Å². The van der Waals surface area contributed by atoms with Crippen molar-refractivity contribution in [2.24, 2.45) is 0 Å². The summed E-state index contributed by atoms with van der Waals surface area (Å²) in [5.74, 6) is -0.968. The molecule has 0 bridgehead atoms. The summed E-state index contributed by atoms with van der Waals surface area (Å²) in [6.07, 6.45) is -5.23. The average molecular weight is 263 g/mol. The highest BCUT2D eigenvalue weighted by Crippen LogP contribution is 2.36. The molecule has 0 aliphatic carbocycles. The standard InChI is InChI=1S/C11H9F4NO2/c12-6-1-2-7(8(5-6)11(13,14)15)9-3-4-18-10(17)16-9/h1-2,5,9H,3-4H2,(H,16,17)/t9-/m1/s1. The van der Waals surface area contributed by atoms with Crippen LogP contribution in [0.2, 0.25) is 0 Å². The fraction of sp³-hybridized carbons (Fsp3) is 0.364. The number of nitrogens with one attached hydrogen (secondary N) is 1. The van der Waals surface area contributed by atoms with Crippen molar-refractivity contribution in [1.29, 1.82) is 0 Å². The Kier molecular flexibility index (Phi) is 3.14. The van der Waals surface area contributed by atoms with Crippen molar-refractivity contribution in [3.05, 3.63) is 35.1 Å². The molecule has 1 atom stereocenters. The molecule has 1 aromatic carbocycles. The molecular weight excluding hydrogens is 254 g/mol. The van der Waals surface area contributed by atoms with Gasteiger partial charge in [0.1, 0.15) is 5.82 Å². The van der Waals surface area contributed by atoms with E-state index in [9.17, 15) is 22.4 Å². The summed E-state index contributed by atoms with van der Waals surface area (Å²) in [5.41, 5.74) is -1.23. The number of hydrogen-bond donors (Lipinski definition) is 1. The van der Waals surface area contributed by atoms with E-state index in [0.717, 1.165) is 12.1 Å². The van der Waals surface area contributed by atoms with Crippen molar-refractivity contribution in [2.45, 2.75) is 18.6 Å². The Balaban J connectivity index is 2.40. The number of halogens is 4. The maximum atomic E-state index is 12.9. The van der Waals surface area contributed by atoms with Crippen LogP contribution in [0.15, 0.2) is 18.2 Å². The highest BCUT2D eigenvalue weighted by Gasteiger charge is 2.36. The number of ether oxygens (including phenoxy) is 1. The second kappa shape index (κ2) is 4.47. The molecule has 98 valence electrons. The Morgan fingerprint density at radius 3 is 2.67 bits per heavy atom. The van der Waals surface area contributed by atoms with Gasteiger partial charge >= 0.3 is 12.3 Å². The molecule has 1 fully saturated rings. The summed E-state index contributed by atoms with van der Waals surface area (Å²) in [6, 6.07) is 1.58. The molecule has 1 aromatic rings. The molecule has 0 spiro atoms. The van der Waals surface area contributed by atoms with E-state index in [0.29, 0.717) is 6.07 Å². The van der Waals surface area contributed by atoms with Crippen LogP contribution >= 0.6 is 0 Å². The first-order valence-electron chi connectivity index (χ1n) is 5.18. The van der Waals surface area contributed by atoms with Gasteiger partial charge in [0.25, 0.3) is 0 Å². The van der Waals surface area contributed by atoms with Crippen molar-refractivity contribution in [3.63, 3.8) is 0 Å². The fourth-order valence-corrected chi connectivity index (χ4v) is 1.84. The van der Waals surface area contributed by atoms with Gasteiger partial charge in [0.2, 0.25) is 0 Å². The van der Waals surface area contributed by atoms with Gasteiger partial charge in [0, 0.05) is 6.42 Å². The Bertz CT molecular complexity index is 473. The molecule has 1 aliphatic heterocycles. The molecule has 1 saturated heterocycles. The molecule has 1 amide bonds. The van der Waals surface area contributed by atoms with E-state index in [1.807, 2.05) is 0 Å². The summed E-state index contributed by atoms with van der Waals surface area (Å²) in [6.45, 7) is 0.0329. The Labute approximate surface area is 99.7 Å². The molecule has 7 heteroatoms. The number of alkyl carbamates (subject to hydrolysis) is 1. The molecule has 1 N–H and O–H groups in total. The maximum Gasteiger partial charge on any atom is 0.416 e. The van der Waals surface area contributed by atoms with Crippen LogP contribution in [0.3, 0.4) is 0 Å². The number of benzene rings is 1. The Morgan fingerprint density at radius 2 is 2.06 bits per heavy atom. The molecular formula is C11H9F4NO2. The van der Waals surface area contributed by atoms with Gasteiger partial charge in [-0.05, 0) is 17.7 Å².